The van der Waals surface area contributed by atoms with Crippen molar-refractivity contribution in [3.63, 3.8) is 0 Å². The first-order valence-electron chi connectivity index (χ1n) is 4.92. The lowest BCUT2D eigenvalue weighted by Gasteiger charge is -1.95. The van der Waals surface area contributed by atoms with Gasteiger partial charge in [-0.05, 0) is 19.9 Å². The lowest BCUT2D eigenvalue weighted by atomic mass is 10.1. The van der Waals surface area contributed by atoms with Crippen LogP contribution in [-0.2, 0) is 6.54 Å². The maximum absolute atomic E-state index is 8.77. The molecule has 0 aliphatic carbocycles. The summed E-state index contributed by atoms with van der Waals surface area (Å²) in [5.41, 5.74) is 2.35. The Morgan fingerprint density at radius 3 is 2.87 bits per heavy atom. The topological polar surface area (TPSA) is 50.4 Å². The van der Waals surface area contributed by atoms with E-state index in [0.29, 0.717) is 5.71 Å². The molecule has 0 aliphatic heterocycles. The van der Waals surface area contributed by atoms with Gasteiger partial charge in [0.05, 0.1) is 5.52 Å². The van der Waals surface area contributed by atoms with Gasteiger partial charge in [0.2, 0.25) is 0 Å². The molecule has 0 saturated carbocycles. The molecule has 4 nitrogen and oxygen atoms in total. The molecule has 0 fully saturated rings. The number of aryl methyl sites for hydroxylation is 1. The number of aromatic nitrogens is 2. The first kappa shape index (κ1) is 9.71. The smallest absolute Gasteiger partial charge is 0.117 e. The van der Waals surface area contributed by atoms with E-state index in [-0.39, 0.29) is 0 Å². The second-order valence-electron chi connectivity index (χ2n) is 3.37. The lowest BCUT2D eigenvalue weighted by molar-refractivity contribution is 0.319. The molecule has 0 unspecified atom stereocenters. The van der Waals surface area contributed by atoms with Gasteiger partial charge >= 0.3 is 0 Å². The van der Waals surface area contributed by atoms with E-state index in [0.717, 1.165) is 23.1 Å². The molecule has 1 heterocycles. The zero-order valence-corrected chi connectivity index (χ0v) is 8.81. The van der Waals surface area contributed by atoms with Crippen LogP contribution in [0.15, 0.2) is 29.4 Å². The molecule has 0 saturated heterocycles. The highest BCUT2D eigenvalue weighted by Crippen LogP contribution is 2.18. The van der Waals surface area contributed by atoms with Crippen molar-refractivity contribution in [2.75, 3.05) is 0 Å². The fourth-order valence-electron chi connectivity index (χ4n) is 1.68. The number of oxime groups is 1. The van der Waals surface area contributed by atoms with Crippen LogP contribution in [0, 0.1) is 0 Å². The molecule has 0 aliphatic rings. The van der Waals surface area contributed by atoms with E-state index in [1.807, 2.05) is 35.9 Å². The van der Waals surface area contributed by atoms with E-state index >= 15 is 0 Å². The van der Waals surface area contributed by atoms with Crippen molar-refractivity contribution in [3.05, 3.63) is 30.0 Å². The minimum atomic E-state index is 0.540. The maximum Gasteiger partial charge on any atom is 0.117 e. The zero-order chi connectivity index (χ0) is 10.8. The Hall–Kier alpha value is -1.84. The van der Waals surface area contributed by atoms with E-state index in [9.17, 15) is 0 Å². The monoisotopic (exact) mass is 203 g/mol. The summed E-state index contributed by atoms with van der Waals surface area (Å²) in [5, 5.41) is 17.4. The fraction of sp³-hybridized carbons (Fsp3) is 0.273. The first-order chi connectivity index (χ1) is 7.27. The minimum Gasteiger partial charge on any atom is -0.411 e. The highest BCUT2D eigenvalue weighted by molar-refractivity contribution is 6.07. The second kappa shape index (κ2) is 3.73. The molecule has 0 atom stereocenters. The number of nitrogens with zero attached hydrogens (tertiary/aromatic N) is 3. The summed E-state index contributed by atoms with van der Waals surface area (Å²) < 4.78 is 1.90. The van der Waals surface area contributed by atoms with E-state index in [2.05, 4.69) is 10.3 Å². The SMILES string of the molecule is CCn1nc(/C(C)=N/O)c2ccccc21. The van der Waals surface area contributed by atoms with Crippen molar-refractivity contribution in [1.29, 1.82) is 0 Å². The molecule has 15 heavy (non-hydrogen) atoms. The molecule has 0 spiro atoms. The summed E-state index contributed by atoms with van der Waals surface area (Å²) in [4.78, 5) is 0. The largest absolute Gasteiger partial charge is 0.411 e. The highest BCUT2D eigenvalue weighted by atomic mass is 16.4. The Morgan fingerprint density at radius 1 is 1.47 bits per heavy atom. The molecule has 0 radical (unpaired) electrons. The summed E-state index contributed by atoms with van der Waals surface area (Å²) in [5.74, 6) is 0. The van der Waals surface area contributed by atoms with Crippen LogP contribution in [0.25, 0.3) is 10.9 Å². The summed E-state index contributed by atoms with van der Waals surface area (Å²) >= 11 is 0. The van der Waals surface area contributed by atoms with Gasteiger partial charge in [0.25, 0.3) is 0 Å². The van der Waals surface area contributed by atoms with Crippen molar-refractivity contribution in [2.24, 2.45) is 5.16 Å². The Labute approximate surface area is 87.8 Å². The fourth-order valence-corrected chi connectivity index (χ4v) is 1.68. The molecular formula is C11H13N3O. The van der Waals surface area contributed by atoms with Gasteiger partial charge in [-0.15, -0.1) is 0 Å². The third kappa shape index (κ3) is 1.48. The molecule has 0 bridgehead atoms. The highest BCUT2D eigenvalue weighted by Gasteiger charge is 2.11. The maximum atomic E-state index is 8.77. The minimum absolute atomic E-state index is 0.540. The lowest BCUT2D eigenvalue weighted by Crippen LogP contribution is -2.00. The van der Waals surface area contributed by atoms with E-state index in [1.165, 1.54) is 0 Å². The molecule has 4 heteroatoms. The van der Waals surface area contributed by atoms with Gasteiger partial charge in [-0.3, -0.25) is 4.68 Å². The average Bonchev–Trinajstić information content (AvgIpc) is 2.67. The number of fused-ring (bicyclic) bond motifs is 1. The van der Waals surface area contributed by atoms with Crippen molar-refractivity contribution in [3.8, 4) is 0 Å². The molecule has 2 aromatic rings. The summed E-state index contributed by atoms with van der Waals surface area (Å²) in [7, 11) is 0. The van der Waals surface area contributed by atoms with Crippen molar-refractivity contribution < 1.29 is 5.21 Å². The normalized spacial score (nSPS) is 12.3. The summed E-state index contributed by atoms with van der Waals surface area (Å²) in [6, 6.07) is 7.93. The summed E-state index contributed by atoms with van der Waals surface area (Å²) in [6.45, 7) is 4.59. The Bertz CT molecular complexity index is 514. The number of rotatable bonds is 2. The third-order valence-corrected chi connectivity index (χ3v) is 2.45. The average molecular weight is 203 g/mol. The van der Waals surface area contributed by atoms with Crippen LogP contribution < -0.4 is 0 Å². The van der Waals surface area contributed by atoms with Crippen LogP contribution in [0.2, 0.25) is 0 Å². The molecule has 78 valence electrons. The molecular weight excluding hydrogens is 190 g/mol. The van der Waals surface area contributed by atoms with E-state index in [1.54, 1.807) is 6.92 Å². The zero-order valence-electron chi connectivity index (χ0n) is 8.81. The van der Waals surface area contributed by atoms with Gasteiger partial charge in [-0.1, -0.05) is 23.4 Å². The van der Waals surface area contributed by atoms with Gasteiger partial charge in [-0.25, -0.2) is 0 Å². The Kier molecular flexibility index (Phi) is 2.41. The van der Waals surface area contributed by atoms with Crippen molar-refractivity contribution in [2.45, 2.75) is 20.4 Å². The molecule has 1 aromatic heterocycles. The quantitative estimate of drug-likeness (QED) is 0.462. The Morgan fingerprint density at radius 2 is 2.20 bits per heavy atom. The second-order valence-corrected chi connectivity index (χ2v) is 3.37. The number of para-hydroxylation sites is 1. The number of benzene rings is 1. The van der Waals surface area contributed by atoms with Crippen LogP contribution in [0.4, 0.5) is 0 Å². The standard InChI is InChI=1S/C11H13N3O/c1-3-14-10-7-5-4-6-9(10)11(12-14)8(2)13-15/h4-7,15H,3H2,1-2H3/b13-8+. The van der Waals surface area contributed by atoms with Crippen LogP contribution >= 0.6 is 0 Å². The molecule has 1 N–H and O–H groups in total. The van der Waals surface area contributed by atoms with Crippen LogP contribution in [0.1, 0.15) is 19.5 Å². The van der Waals surface area contributed by atoms with Crippen LogP contribution in [-0.4, -0.2) is 20.7 Å². The Balaban J connectivity index is 2.76. The van der Waals surface area contributed by atoms with Gasteiger partial charge in [-0.2, -0.15) is 5.10 Å². The predicted molar refractivity (Wildman–Crippen MR) is 59.4 cm³/mol. The molecule has 0 amide bonds. The van der Waals surface area contributed by atoms with Crippen LogP contribution in [0.3, 0.4) is 0 Å². The first-order valence-corrected chi connectivity index (χ1v) is 4.92. The van der Waals surface area contributed by atoms with Crippen molar-refractivity contribution >= 4 is 16.6 Å². The van der Waals surface area contributed by atoms with Gasteiger partial charge in [0, 0.05) is 11.9 Å². The van der Waals surface area contributed by atoms with Crippen molar-refractivity contribution in [1.82, 2.24) is 9.78 Å². The van der Waals surface area contributed by atoms with Gasteiger partial charge < -0.3 is 5.21 Å². The number of hydrogen-bond donors (Lipinski definition) is 1. The molecule has 2 rings (SSSR count). The molecule has 1 aromatic carbocycles. The van der Waals surface area contributed by atoms with Crippen LogP contribution in [0.5, 0.6) is 0 Å². The van der Waals surface area contributed by atoms with E-state index in [4.69, 9.17) is 5.21 Å². The number of hydrogen-bond acceptors (Lipinski definition) is 3. The van der Waals surface area contributed by atoms with E-state index < -0.39 is 0 Å². The predicted octanol–water partition coefficient (Wildman–Crippen LogP) is 2.25. The van der Waals surface area contributed by atoms with Gasteiger partial charge in [0.1, 0.15) is 11.4 Å². The van der Waals surface area contributed by atoms with Gasteiger partial charge in [0.15, 0.2) is 0 Å². The summed E-state index contributed by atoms with van der Waals surface area (Å²) in [6.07, 6.45) is 0. The third-order valence-electron chi connectivity index (χ3n) is 2.45.